The molecule has 25 heavy (non-hydrogen) atoms. The molecular weight excluding hydrogens is 353 g/mol. The standard InChI is InChI=1S/C20H17Cl2N3/c1-10-12-4-2-3-5-13(12)19-17(10)18(15(9-23)20(24)25-19)14-7-6-11(21)8-16(14)22/h2-8,25H,9,23-24H2,1H3. The molecule has 1 heterocycles. The van der Waals surface area contributed by atoms with Crippen molar-refractivity contribution in [1.29, 1.82) is 0 Å². The molecule has 2 aromatic rings. The molecule has 1 aliphatic heterocycles. The number of H-pyrrole nitrogens is 1. The molecule has 2 aromatic carbocycles. The molecule has 4 rings (SSSR count). The quantitative estimate of drug-likeness (QED) is 0.430. The van der Waals surface area contributed by atoms with Crippen LogP contribution in [0.2, 0.25) is 10.0 Å². The van der Waals surface area contributed by atoms with E-state index in [1.54, 1.807) is 6.07 Å². The maximum atomic E-state index is 6.52. The van der Waals surface area contributed by atoms with Crippen molar-refractivity contribution in [2.75, 3.05) is 5.73 Å². The van der Waals surface area contributed by atoms with Gasteiger partial charge in [0.15, 0.2) is 0 Å². The Kier molecular flexibility index (Phi) is 3.88. The number of anilines is 1. The Morgan fingerprint density at radius 1 is 1.00 bits per heavy atom. The summed E-state index contributed by atoms with van der Waals surface area (Å²) in [5.41, 5.74) is 18.3. The number of aryl methyl sites for hydroxylation is 1. The molecular formula is C20H17Cl2N3. The molecule has 0 radical (unpaired) electrons. The fourth-order valence-electron chi connectivity index (χ4n) is 3.62. The number of halogens is 2. The second kappa shape index (κ2) is 5.95. The summed E-state index contributed by atoms with van der Waals surface area (Å²) in [5.74, 6) is 0.562. The summed E-state index contributed by atoms with van der Waals surface area (Å²) in [6.07, 6.45) is 0. The Balaban J connectivity index is 2.21. The van der Waals surface area contributed by atoms with E-state index in [0.717, 1.165) is 33.3 Å². The number of nitrogen functional groups attached to an aromatic ring is 1. The lowest BCUT2D eigenvalue weighted by Gasteiger charge is -2.19. The van der Waals surface area contributed by atoms with Gasteiger partial charge in [0.25, 0.3) is 0 Å². The molecule has 0 saturated heterocycles. The summed E-state index contributed by atoms with van der Waals surface area (Å²) >= 11 is 12.6. The van der Waals surface area contributed by atoms with Crippen LogP contribution in [0.1, 0.15) is 11.1 Å². The van der Waals surface area contributed by atoms with E-state index < -0.39 is 0 Å². The number of aromatic nitrogens is 1. The first kappa shape index (κ1) is 16.3. The third-order valence-electron chi connectivity index (χ3n) is 4.77. The Hall–Kier alpha value is -2.20. The maximum Gasteiger partial charge on any atom is 0.106 e. The van der Waals surface area contributed by atoms with E-state index in [0.29, 0.717) is 22.4 Å². The first-order chi connectivity index (χ1) is 12.0. The van der Waals surface area contributed by atoms with Crippen LogP contribution in [0, 0.1) is 6.92 Å². The average molecular weight is 370 g/mol. The van der Waals surface area contributed by atoms with Crippen molar-refractivity contribution in [2.45, 2.75) is 13.5 Å². The van der Waals surface area contributed by atoms with Crippen molar-refractivity contribution in [3.8, 4) is 22.4 Å². The summed E-state index contributed by atoms with van der Waals surface area (Å²) in [6.45, 7) is 2.43. The molecule has 2 aliphatic rings. The highest BCUT2D eigenvalue weighted by atomic mass is 35.5. The smallest absolute Gasteiger partial charge is 0.106 e. The zero-order valence-corrected chi connectivity index (χ0v) is 15.2. The van der Waals surface area contributed by atoms with Crippen LogP contribution in [0.5, 0.6) is 0 Å². The number of benzene rings is 2. The summed E-state index contributed by atoms with van der Waals surface area (Å²) in [5, 5.41) is 3.50. The number of hydrogen-bond donors (Lipinski definition) is 3. The maximum absolute atomic E-state index is 6.52. The molecule has 0 unspecified atom stereocenters. The van der Waals surface area contributed by atoms with Gasteiger partial charge < -0.3 is 16.5 Å². The highest BCUT2D eigenvalue weighted by molar-refractivity contribution is 6.36. The summed E-state index contributed by atoms with van der Waals surface area (Å²) in [4.78, 5) is 3.34. The summed E-state index contributed by atoms with van der Waals surface area (Å²) < 4.78 is 0. The van der Waals surface area contributed by atoms with Crippen LogP contribution in [-0.2, 0) is 6.54 Å². The normalized spacial score (nSPS) is 11.5. The van der Waals surface area contributed by atoms with E-state index in [2.05, 4.69) is 24.0 Å². The molecule has 0 atom stereocenters. The minimum atomic E-state index is 0.313. The van der Waals surface area contributed by atoms with E-state index >= 15 is 0 Å². The van der Waals surface area contributed by atoms with E-state index in [4.69, 9.17) is 34.7 Å². The van der Waals surface area contributed by atoms with Crippen LogP contribution < -0.4 is 11.5 Å². The van der Waals surface area contributed by atoms with Gasteiger partial charge in [-0.1, -0.05) is 53.5 Å². The molecule has 0 saturated carbocycles. The predicted molar refractivity (Wildman–Crippen MR) is 107 cm³/mol. The van der Waals surface area contributed by atoms with Gasteiger partial charge in [-0.2, -0.15) is 0 Å². The van der Waals surface area contributed by atoms with Crippen LogP contribution in [0.25, 0.3) is 33.2 Å². The molecule has 3 nitrogen and oxygen atoms in total. The van der Waals surface area contributed by atoms with Gasteiger partial charge in [-0.05, 0) is 30.0 Å². The van der Waals surface area contributed by atoms with Crippen molar-refractivity contribution in [2.24, 2.45) is 5.73 Å². The fourth-order valence-corrected chi connectivity index (χ4v) is 4.13. The van der Waals surface area contributed by atoms with Crippen molar-refractivity contribution >= 4 is 39.8 Å². The van der Waals surface area contributed by atoms with Gasteiger partial charge in [-0.15, -0.1) is 0 Å². The zero-order chi connectivity index (χ0) is 17.7. The predicted octanol–water partition coefficient (Wildman–Crippen LogP) is 5.60. The average Bonchev–Trinajstić information content (AvgIpc) is 2.87. The minimum Gasteiger partial charge on any atom is -0.385 e. The second-order valence-electron chi connectivity index (χ2n) is 6.14. The molecule has 0 spiro atoms. The van der Waals surface area contributed by atoms with Crippen molar-refractivity contribution < 1.29 is 0 Å². The molecule has 0 fully saturated rings. The largest absolute Gasteiger partial charge is 0.385 e. The molecule has 0 amide bonds. The number of pyridine rings is 1. The lowest BCUT2D eigenvalue weighted by atomic mass is 9.92. The van der Waals surface area contributed by atoms with Crippen LogP contribution in [0.15, 0.2) is 42.5 Å². The van der Waals surface area contributed by atoms with Gasteiger partial charge in [-0.3, -0.25) is 0 Å². The number of aromatic amines is 1. The van der Waals surface area contributed by atoms with Crippen LogP contribution in [-0.4, -0.2) is 4.98 Å². The van der Waals surface area contributed by atoms with E-state index in [9.17, 15) is 0 Å². The van der Waals surface area contributed by atoms with E-state index in [1.165, 1.54) is 10.9 Å². The van der Waals surface area contributed by atoms with Crippen LogP contribution >= 0.6 is 23.2 Å². The van der Waals surface area contributed by atoms with Gasteiger partial charge in [0.1, 0.15) is 5.82 Å². The molecule has 5 heteroatoms. The number of rotatable bonds is 2. The third-order valence-corrected chi connectivity index (χ3v) is 5.31. The highest BCUT2D eigenvalue weighted by Gasteiger charge is 2.25. The van der Waals surface area contributed by atoms with Crippen molar-refractivity contribution in [3.63, 3.8) is 0 Å². The van der Waals surface area contributed by atoms with Gasteiger partial charge >= 0.3 is 0 Å². The number of fused-ring (bicyclic) bond motifs is 3. The zero-order valence-electron chi connectivity index (χ0n) is 13.7. The molecule has 1 aliphatic carbocycles. The van der Waals surface area contributed by atoms with E-state index in [-0.39, 0.29) is 0 Å². The minimum absolute atomic E-state index is 0.313. The topological polar surface area (TPSA) is 67.8 Å². The number of nitrogens with one attached hydrogen (secondary N) is 1. The van der Waals surface area contributed by atoms with Crippen molar-refractivity contribution in [1.82, 2.24) is 4.98 Å². The van der Waals surface area contributed by atoms with Crippen molar-refractivity contribution in [3.05, 3.63) is 63.6 Å². The van der Waals surface area contributed by atoms with Crippen LogP contribution in [0.4, 0.5) is 5.82 Å². The SMILES string of the molecule is Cc1c2c(-c3ccc(Cl)cc3Cl)c(CN)c(N)[nH]c-2c2ccccc12. The Bertz CT molecular complexity index is 1080. The Labute approximate surface area is 155 Å². The van der Waals surface area contributed by atoms with Gasteiger partial charge in [-0.25, -0.2) is 0 Å². The first-order valence-electron chi connectivity index (χ1n) is 7.99. The monoisotopic (exact) mass is 369 g/mol. The van der Waals surface area contributed by atoms with Crippen LogP contribution in [0.3, 0.4) is 0 Å². The molecule has 5 N–H and O–H groups in total. The summed E-state index contributed by atoms with van der Waals surface area (Å²) in [6, 6.07) is 13.8. The van der Waals surface area contributed by atoms with Gasteiger partial charge in [0.05, 0.1) is 5.69 Å². The fraction of sp³-hybridized carbons (Fsp3) is 0.100. The Morgan fingerprint density at radius 3 is 2.40 bits per heavy atom. The lowest BCUT2D eigenvalue weighted by molar-refractivity contribution is 1.06. The Morgan fingerprint density at radius 2 is 1.72 bits per heavy atom. The third kappa shape index (κ3) is 2.39. The lowest BCUT2D eigenvalue weighted by Crippen LogP contribution is -2.08. The molecule has 0 aromatic heterocycles. The van der Waals surface area contributed by atoms with Gasteiger partial charge in [0.2, 0.25) is 0 Å². The first-order valence-corrected chi connectivity index (χ1v) is 8.75. The highest BCUT2D eigenvalue weighted by Crippen LogP contribution is 2.47. The molecule has 126 valence electrons. The number of nitrogens with two attached hydrogens (primary N) is 2. The summed E-state index contributed by atoms with van der Waals surface area (Å²) in [7, 11) is 0. The van der Waals surface area contributed by atoms with E-state index in [1.807, 2.05) is 24.3 Å². The van der Waals surface area contributed by atoms with Gasteiger partial charge in [0, 0.05) is 44.2 Å². The molecule has 0 bridgehead atoms. The second-order valence-corrected chi connectivity index (χ2v) is 6.98. The number of hydrogen-bond acceptors (Lipinski definition) is 2.